The van der Waals surface area contributed by atoms with Crippen molar-refractivity contribution in [1.29, 1.82) is 0 Å². The van der Waals surface area contributed by atoms with E-state index in [0.717, 1.165) is 16.8 Å². The van der Waals surface area contributed by atoms with Crippen LogP contribution in [0.3, 0.4) is 0 Å². The van der Waals surface area contributed by atoms with E-state index < -0.39 is 0 Å². The fourth-order valence-corrected chi connectivity index (χ4v) is 2.00. The standard InChI is InChI=1S/C17H16N4O2/c1-12-7-9-14(10-8-12)19-17(22)18-11-15-20-16(21-23-15)13-5-3-2-4-6-13/h2-10H,11H2,1H3,(H2,18,19,22). The third kappa shape index (κ3) is 3.94. The minimum Gasteiger partial charge on any atom is -0.337 e. The maximum Gasteiger partial charge on any atom is 0.319 e. The van der Waals surface area contributed by atoms with Crippen LogP contribution in [0.1, 0.15) is 11.5 Å². The zero-order valence-corrected chi connectivity index (χ0v) is 12.6. The van der Waals surface area contributed by atoms with Gasteiger partial charge in [-0.3, -0.25) is 0 Å². The Bertz CT molecular complexity index is 782. The quantitative estimate of drug-likeness (QED) is 0.774. The lowest BCUT2D eigenvalue weighted by Crippen LogP contribution is -2.28. The van der Waals surface area contributed by atoms with Crippen LogP contribution in [-0.2, 0) is 6.54 Å². The van der Waals surface area contributed by atoms with Crippen LogP contribution in [0.2, 0.25) is 0 Å². The van der Waals surface area contributed by atoms with Crippen LogP contribution < -0.4 is 10.6 Å². The largest absolute Gasteiger partial charge is 0.337 e. The van der Waals surface area contributed by atoms with Crippen LogP contribution in [0.4, 0.5) is 10.5 Å². The van der Waals surface area contributed by atoms with Crippen molar-refractivity contribution in [2.24, 2.45) is 0 Å². The first-order chi connectivity index (χ1) is 11.2. The fraction of sp³-hybridized carbons (Fsp3) is 0.118. The Balaban J connectivity index is 1.55. The smallest absolute Gasteiger partial charge is 0.319 e. The maximum absolute atomic E-state index is 11.8. The third-order valence-corrected chi connectivity index (χ3v) is 3.21. The Kier molecular flexibility index (Phi) is 4.33. The lowest BCUT2D eigenvalue weighted by atomic mass is 10.2. The van der Waals surface area contributed by atoms with Crippen molar-refractivity contribution in [3.05, 3.63) is 66.1 Å². The number of hydrogen-bond donors (Lipinski definition) is 2. The summed E-state index contributed by atoms with van der Waals surface area (Å²) in [6.07, 6.45) is 0. The molecule has 0 radical (unpaired) electrons. The number of urea groups is 1. The van der Waals surface area contributed by atoms with Crippen LogP contribution in [0.25, 0.3) is 11.4 Å². The number of aryl methyl sites for hydroxylation is 1. The molecular weight excluding hydrogens is 292 g/mol. The second-order valence-electron chi connectivity index (χ2n) is 5.05. The van der Waals surface area contributed by atoms with Gasteiger partial charge in [-0.25, -0.2) is 4.79 Å². The van der Waals surface area contributed by atoms with E-state index in [9.17, 15) is 4.79 Å². The molecule has 0 aliphatic heterocycles. The Morgan fingerprint density at radius 1 is 1.09 bits per heavy atom. The number of benzene rings is 2. The first kappa shape index (κ1) is 14.8. The van der Waals surface area contributed by atoms with Gasteiger partial charge in [-0.05, 0) is 19.1 Å². The molecule has 0 saturated heterocycles. The molecule has 0 aliphatic rings. The van der Waals surface area contributed by atoms with E-state index in [-0.39, 0.29) is 12.6 Å². The molecule has 0 aliphatic carbocycles. The molecule has 0 bridgehead atoms. The van der Waals surface area contributed by atoms with Gasteiger partial charge in [0.2, 0.25) is 11.7 Å². The second kappa shape index (κ2) is 6.74. The first-order valence-electron chi connectivity index (χ1n) is 7.20. The van der Waals surface area contributed by atoms with Crippen LogP contribution in [-0.4, -0.2) is 16.2 Å². The van der Waals surface area contributed by atoms with Crippen molar-refractivity contribution in [2.45, 2.75) is 13.5 Å². The summed E-state index contributed by atoms with van der Waals surface area (Å²) in [4.78, 5) is 16.1. The maximum atomic E-state index is 11.8. The topological polar surface area (TPSA) is 80.0 Å². The van der Waals surface area contributed by atoms with Gasteiger partial charge < -0.3 is 15.2 Å². The normalized spacial score (nSPS) is 10.3. The molecule has 1 aromatic heterocycles. The molecule has 116 valence electrons. The average molecular weight is 308 g/mol. The van der Waals surface area contributed by atoms with Crippen molar-refractivity contribution in [3.63, 3.8) is 0 Å². The number of hydrogen-bond acceptors (Lipinski definition) is 4. The van der Waals surface area contributed by atoms with Gasteiger partial charge in [-0.15, -0.1) is 0 Å². The highest BCUT2D eigenvalue weighted by atomic mass is 16.5. The number of amides is 2. The SMILES string of the molecule is Cc1ccc(NC(=O)NCc2nc(-c3ccccc3)no2)cc1. The van der Waals surface area contributed by atoms with Gasteiger partial charge in [-0.1, -0.05) is 53.2 Å². The number of carbonyl (C=O) groups is 1. The van der Waals surface area contributed by atoms with E-state index in [1.807, 2.05) is 61.5 Å². The minimum absolute atomic E-state index is 0.164. The van der Waals surface area contributed by atoms with Crippen LogP contribution in [0.5, 0.6) is 0 Å². The van der Waals surface area contributed by atoms with E-state index in [2.05, 4.69) is 20.8 Å². The zero-order valence-electron chi connectivity index (χ0n) is 12.6. The van der Waals surface area contributed by atoms with E-state index in [0.29, 0.717) is 11.7 Å². The van der Waals surface area contributed by atoms with Gasteiger partial charge in [0.25, 0.3) is 0 Å². The third-order valence-electron chi connectivity index (χ3n) is 3.21. The molecule has 0 saturated carbocycles. The van der Waals surface area contributed by atoms with Crippen molar-refractivity contribution in [3.8, 4) is 11.4 Å². The molecule has 6 heteroatoms. The molecule has 0 unspecified atom stereocenters. The van der Waals surface area contributed by atoms with Crippen LogP contribution in [0.15, 0.2) is 59.1 Å². The summed E-state index contributed by atoms with van der Waals surface area (Å²) in [5.74, 6) is 0.851. The molecule has 3 rings (SSSR count). The predicted molar refractivity (Wildman–Crippen MR) is 86.8 cm³/mol. The van der Waals surface area contributed by atoms with Crippen molar-refractivity contribution in [2.75, 3.05) is 5.32 Å². The van der Waals surface area contributed by atoms with Crippen LogP contribution in [0, 0.1) is 6.92 Å². The number of nitrogens with one attached hydrogen (secondary N) is 2. The minimum atomic E-state index is -0.326. The van der Waals surface area contributed by atoms with Gasteiger partial charge in [0.15, 0.2) is 0 Å². The summed E-state index contributed by atoms with van der Waals surface area (Å²) >= 11 is 0. The van der Waals surface area contributed by atoms with Crippen molar-refractivity contribution >= 4 is 11.7 Å². The molecule has 3 aromatic rings. The second-order valence-corrected chi connectivity index (χ2v) is 5.05. The summed E-state index contributed by atoms with van der Waals surface area (Å²) < 4.78 is 5.13. The Labute approximate surface area is 133 Å². The van der Waals surface area contributed by atoms with Gasteiger partial charge >= 0.3 is 6.03 Å². The van der Waals surface area contributed by atoms with Gasteiger partial charge in [0.1, 0.15) is 0 Å². The molecule has 1 heterocycles. The highest BCUT2D eigenvalue weighted by molar-refractivity contribution is 5.89. The van der Waals surface area contributed by atoms with Crippen molar-refractivity contribution < 1.29 is 9.32 Å². The highest BCUT2D eigenvalue weighted by Gasteiger charge is 2.09. The number of anilines is 1. The first-order valence-corrected chi connectivity index (χ1v) is 7.20. The van der Waals surface area contributed by atoms with Gasteiger partial charge in [-0.2, -0.15) is 4.98 Å². The molecule has 0 fully saturated rings. The van der Waals surface area contributed by atoms with Crippen molar-refractivity contribution in [1.82, 2.24) is 15.5 Å². The molecule has 0 spiro atoms. The van der Waals surface area contributed by atoms with E-state index in [1.165, 1.54) is 0 Å². The monoisotopic (exact) mass is 308 g/mol. The van der Waals surface area contributed by atoms with E-state index in [1.54, 1.807) is 0 Å². The number of nitrogens with zero attached hydrogens (tertiary/aromatic N) is 2. The number of aromatic nitrogens is 2. The van der Waals surface area contributed by atoms with Gasteiger partial charge in [0, 0.05) is 11.3 Å². The van der Waals surface area contributed by atoms with Gasteiger partial charge in [0.05, 0.1) is 6.54 Å². The van der Waals surface area contributed by atoms with E-state index in [4.69, 9.17) is 4.52 Å². The lowest BCUT2D eigenvalue weighted by molar-refractivity contribution is 0.249. The Morgan fingerprint density at radius 2 is 1.83 bits per heavy atom. The summed E-state index contributed by atoms with van der Waals surface area (Å²) in [6, 6.07) is 16.7. The molecule has 2 aromatic carbocycles. The highest BCUT2D eigenvalue weighted by Crippen LogP contribution is 2.14. The Morgan fingerprint density at radius 3 is 2.57 bits per heavy atom. The average Bonchev–Trinajstić information content (AvgIpc) is 3.05. The number of rotatable bonds is 4. The Hall–Kier alpha value is -3.15. The number of carbonyl (C=O) groups excluding carboxylic acids is 1. The summed E-state index contributed by atoms with van der Waals surface area (Å²) in [6.45, 7) is 2.15. The molecular formula is C17H16N4O2. The lowest BCUT2D eigenvalue weighted by Gasteiger charge is -2.05. The molecule has 2 N–H and O–H groups in total. The molecule has 2 amide bonds. The molecule has 0 atom stereocenters. The van der Waals surface area contributed by atoms with Crippen LogP contribution >= 0.6 is 0 Å². The summed E-state index contributed by atoms with van der Waals surface area (Å²) in [7, 11) is 0. The molecule has 23 heavy (non-hydrogen) atoms. The summed E-state index contributed by atoms with van der Waals surface area (Å²) in [5.41, 5.74) is 2.73. The van der Waals surface area contributed by atoms with E-state index >= 15 is 0 Å². The molecule has 6 nitrogen and oxygen atoms in total. The summed E-state index contributed by atoms with van der Waals surface area (Å²) in [5, 5.41) is 9.32. The fourth-order valence-electron chi connectivity index (χ4n) is 2.00. The predicted octanol–water partition coefficient (Wildman–Crippen LogP) is 3.37. The zero-order chi connectivity index (χ0) is 16.1.